The zero-order chi connectivity index (χ0) is 24.9. The highest BCUT2D eigenvalue weighted by atomic mass is 19.1. The van der Waals surface area contributed by atoms with Gasteiger partial charge in [-0.15, -0.1) is 0 Å². The molecule has 7 nitrogen and oxygen atoms in total. The van der Waals surface area contributed by atoms with Crippen molar-refractivity contribution < 1.29 is 14.0 Å². The molecule has 184 valence electrons. The third-order valence-electron chi connectivity index (χ3n) is 6.83. The van der Waals surface area contributed by atoms with Gasteiger partial charge in [-0.05, 0) is 80.8 Å². The second kappa shape index (κ2) is 10.8. The lowest BCUT2D eigenvalue weighted by Gasteiger charge is -2.26. The van der Waals surface area contributed by atoms with Gasteiger partial charge in [-0.1, -0.05) is 18.6 Å². The van der Waals surface area contributed by atoms with Crippen molar-refractivity contribution in [3.8, 4) is 11.1 Å². The van der Waals surface area contributed by atoms with E-state index in [0.717, 1.165) is 22.4 Å². The summed E-state index contributed by atoms with van der Waals surface area (Å²) >= 11 is 0. The highest BCUT2D eigenvalue weighted by Gasteiger charge is 2.32. The molecule has 1 aliphatic rings. The number of aryl methyl sites for hydroxylation is 3. The molecule has 2 N–H and O–H groups in total. The number of hydrogen-bond donors (Lipinski definition) is 2. The average molecular weight is 478 g/mol. The maximum absolute atomic E-state index is 14.0. The molecule has 0 radical (unpaired) electrons. The van der Waals surface area contributed by atoms with Gasteiger partial charge < -0.3 is 10.6 Å². The number of hydrogen-bond acceptors (Lipinski definition) is 4. The topological polar surface area (TPSA) is 88.9 Å². The molecule has 1 unspecified atom stereocenters. The predicted octanol–water partition coefficient (Wildman–Crippen LogP) is 4.75. The van der Waals surface area contributed by atoms with Crippen molar-refractivity contribution in [3.05, 3.63) is 65.7 Å². The molecular formula is C27H32FN5O2. The minimum absolute atomic E-state index is 0.145. The Bertz CT molecular complexity index is 1170. The Hall–Kier alpha value is -3.55. The van der Waals surface area contributed by atoms with E-state index in [1.54, 1.807) is 19.3 Å². The van der Waals surface area contributed by atoms with Crippen molar-refractivity contribution in [2.45, 2.75) is 58.2 Å². The van der Waals surface area contributed by atoms with Gasteiger partial charge in [-0.3, -0.25) is 19.3 Å². The fourth-order valence-corrected chi connectivity index (χ4v) is 4.90. The van der Waals surface area contributed by atoms with Crippen molar-refractivity contribution in [1.82, 2.24) is 20.1 Å². The SMILES string of the molecule is Cc1ccnc(C)c1-c1ccc(NC(=O)C(NC(=O)c2ccnn2C)[C@H]2CCC[C@@H](F)CC2)cc1. The fraction of sp³-hybridized carbons (Fsp3) is 0.407. The molecule has 0 bridgehead atoms. The number of carbonyl (C=O) groups excluding carboxylic acids is 2. The third kappa shape index (κ3) is 5.75. The van der Waals surface area contributed by atoms with Crippen molar-refractivity contribution in [3.63, 3.8) is 0 Å². The van der Waals surface area contributed by atoms with Crippen molar-refractivity contribution in [1.29, 1.82) is 0 Å². The van der Waals surface area contributed by atoms with Crippen LogP contribution in [0.2, 0.25) is 0 Å². The summed E-state index contributed by atoms with van der Waals surface area (Å²) in [5, 5.41) is 9.90. The molecule has 1 aliphatic carbocycles. The summed E-state index contributed by atoms with van der Waals surface area (Å²) in [4.78, 5) is 30.7. The molecule has 2 amide bonds. The number of nitrogens with one attached hydrogen (secondary N) is 2. The molecule has 35 heavy (non-hydrogen) atoms. The second-order valence-corrected chi connectivity index (χ2v) is 9.31. The molecule has 0 aliphatic heterocycles. The minimum Gasteiger partial charge on any atom is -0.339 e. The number of carbonyl (C=O) groups is 2. The van der Waals surface area contributed by atoms with Crippen LogP contribution in [0.1, 0.15) is 53.8 Å². The quantitative estimate of drug-likeness (QED) is 0.501. The molecule has 2 aromatic heterocycles. The number of nitrogens with zero attached hydrogens (tertiary/aromatic N) is 3. The summed E-state index contributed by atoms with van der Waals surface area (Å²) in [6, 6.07) is 10.4. The minimum atomic E-state index is -0.858. The van der Waals surface area contributed by atoms with Crippen LogP contribution in [0, 0.1) is 19.8 Å². The number of aromatic nitrogens is 3. The molecule has 1 saturated carbocycles. The van der Waals surface area contributed by atoms with E-state index in [2.05, 4.69) is 20.7 Å². The monoisotopic (exact) mass is 477 g/mol. The van der Waals surface area contributed by atoms with Crippen molar-refractivity contribution in [2.75, 3.05) is 5.32 Å². The van der Waals surface area contributed by atoms with Gasteiger partial charge in [0, 0.05) is 36.4 Å². The van der Waals surface area contributed by atoms with Crippen LogP contribution in [-0.4, -0.2) is 38.8 Å². The maximum Gasteiger partial charge on any atom is 0.270 e. The van der Waals surface area contributed by atoms with Gasteiger partial charge in [0.1, 0.15) is 17.9 Å². The van der Waals surface area contributed by atoms with Gasteiger partial charge in [-0.2, -0.15) is 5.10 Å². The largest absolute Gasteiger partial charge is 0.339 e. The van der Waals surface area contributed by atoms with Crippen molar-refractivity contribution in [2.24, 2.45) is 13.0 Å². The number of pyridine rings is 1. The summed E-state index contributed by atoms with van der Waals surface area (Å²) in [7, 11) is 1.68. The van der Waals surface area contributed by atoms with Crippen LogP contribution in [0.5, 0.6) is 0 Å². The van der Waals surface area contributed by atoms with E-state index >= 15 is 0 Å². The first-order chi connectivity index (χ1) is 16.8. The first-order valence-corrected chi connectivity index (χ1v) is 12.1. The van der Waals surface area contributed by atoms with Gasteiger partial charge in [0.25, 0.3) is 5.91 Å². The van der Waals surface area contributed by atoms with Gasteiger partial charge in [-0.25, -0.2) is 4.39 Å². The molecule has 2 heterocycles. The second-order valence-electron chi connectivity index (χ2n) is 9.31. The Morgan fingerprint density at radius 1 is 1.03 bits per heavy atom. The Morgan fingerprint density at radius 3 is 2.49 bits per heavy atom. The predicted molar refractivity (Wildman–Crippen MR) is 134 cm³/mol. The van der Waals surface area contributed by atoms with Crippen LogP contribution < -0.4 is 10.6 Å². The number of amides is 2. The third-order valence-corrected chi connectivity index (χ3v) is 6.83. The number of benzene rings is 1. The summed E-state index contributed by atoms with van der Waals surface area (Å²) < 4.78 is 15.5. The van der Waals surface area contributed by atoms with Crippen LogP contribution in [-0.2, 0) is 11.8 Å². The maximum atomic E-state index is 14.0. The Kier molecular flexibility index (Phi) is 7.58. The summed E-state index contributed by atoms with van der Waals surface area (Å²) in [5.74, 6) is -0.818. The molecule has 1 fully saturated rings. The zero-order valence-electron chi connectivity index (χ0n) is 20.4. The van der Waals surface area contributed by atoms with Gasteiger partial charge in [0.15, 0.2) is 0 Å². The summed E-state index contributed by atoms with van der Waals surface area (Å²) in [6.07, 6.45) is 5.28. The first-order valence-electron chi connectivity index (χ1n) is 12.1. The average Bonchev–Trinajstić information content (AvgIpc) is 3.15. The van der Waals surface area contributed by atoms with E-state index in [-0.39, 0.29) is 17.7 Å². The number of anilines is 1. The van der Waals surface area contributed by atoms with E-state index in [4.69, 9.17) is 0 Å². The molecule has 0 spiro atoms. The molecule has 4 rings (SSSR count). The molecular weight excluding hydrogens is 445 g/mol. The number of rotatable bonds is 6. The summed E-state index contributed by atoms with van der Waals surface area (Å²) in [5.41, 5.74) is 5.17. The lowest BCUT2D eigenvalue weighted by atomic mass is 9.90. The van der Waals surface area contributed by atoms with E-state index < -0.39 is 12.2 Å². The van der Waals surface area contributed by atoms with Crippen LogP contribution in [0.15, 0.2) is 48.8 Å². The zero-order valence-corrected chi connectivity index (χ0v) is 20.4. The lowest BCUT2D eigenvalue weighted by Crippen LogP contribution is -2.49. The van der Waals surface area contributed by atoms with E-state index in [1.165, 1.54) is 10.9 Å². The van der Waals surface area contributed by atoms with Crippen LogP contribution in [0.3, 0.4) is 0 Å². The van der Waals surface area contributed by atoms with Crippen LogP contribution in [0.4, 0.5) is 10.1 Å². The Balaban J connectivity index is 1.53. The molecule has 3 atom stereocenters. The van der Waals surface area contributed by atoms with E-state index in [0.29, 0.717) is 43.5 Å². The highest BCUT2D eigenvalue weighted by Crippen LogP contribution is 2.29. The lowest BCUT2D eigenvalue weighted by molar-refractivity contribution is -0.119. The first kappa shape index (κ1) is 24.6. The van der Waals surface area contributed by atoms with Gasteiger partial charge in [0.2, 0.25) is 5.91 Å². The smallest absolute Gasteiger partial charge is 0.270 e. The molecule has 0 saturated heterocycles. The molecule has 3 aromatic rings. The van der Waals surface area contributed by atoms with Gasteiger partial charge >= 0.3 is 0 Å². The standard InChI is InChI=1S/C27H32FN5O2/c1-17-13-15-29-18(2)24(17)19-8-11-22(12-9-19)31-27(35)25(20-5-4-6-21(28)10-7-20)32-26(34)23-14-16-30-33(23)3/h8-9,11-16,20-21,25H,4-7,10H2,1-3H3,(H,31,35)(H,32,34)/t20-,21+,25?/m0/s1. The number of alkyl halides is 1. The Morgan fingerprint density at radius 2 is 1.80 bits per heavy atom. The van der Waals surface area contributed by atoms with Crippen molar-refractivity contribution >= 4 is 17.5 Å². The molecule has 1 aromatic carbocycles. The van der Waals surface area contributed by atoms with Crippen LogP contribution >= 0.6 is 0 Å². The van der Waals surface area contributed by atoms with E-state index in [9.17, 15) is 14.0 Å². The fourth-order valence-electron chi connectivity index (χ4n) is 4.90. The van der Waals surface area contributed by atoms with E-state index in [1.807, 2.05) is 44.2 Å². The van der Waals surface area contributed by atoms with Gasteiger partial charge in [0.05, 0.1) is 0 Å². The normalized spacial score (nSPS) is 19.0. The summed E-state index contributed by atoms with van der Waals surface area (Å²) in [6.45, 7) is 4.02. The molecule has 8 heteroatoms. The Labute approximate surface area is 205 Å². The number of halogens is 1. The highest BCUT2D eigenvalue weighted by molar-refractivity contribution is 6.00. The van der Waals surface area contributed by atoms with Crippen LogP contribution in [0.25, 0.3) is 11.1 Å².